The molecule has 154 valence electrons. The van der Waals surface area contributed by atoms with Gasteiger partial charge in [-0.05, 0) is 60.9 Å². The first-order valence-corrected chi connectivity index (χ1v) is 10.2. The number of aryl methyl sites for hydroxylation is 1. The highest BCUT2D eigenvalue weighted by Gasteiger charge is 2.42. The predicted molar refractivity (Wildman–Crippen MR) is 109 cm³/mol. The molecule has 4 rings (SSSR count). The normalized spacial score (nSPS) is 26.7. The molecule has 1 saturated carbocycles. The number of methoxy groups -OCH3 is 1. The Morgan fingerprint density at radius 1 is 1.21 bits per heavy atom. The lowest BCUT2D eigenvalue weighted by Gasteiger charge is -2.35. The third-order valence-corrected chi connectivity index (χ3v) is 6.04. The van der Waals surface area contributed by atoms with Crippen molar-refractivity contribution in [3.8, 4) is 5.75 Å². The van der Waals surface area contributed by atoms with Gasteiger partial charge in [-0.1, -0.05) is 12.1 Å². The van der Waals surface area contributed by atoms with Crippen LogP contribution in [-0.2, 0) is 11.3 Å². The van der Waals surface area contributed by atoms with Crippen LogP contribution in [-0.4, -0.2) is 53.4 Å². The topological polar surface area (TPSA) is 71.9 Å². The van der Waals surface area contributed by atoms with E-state index in [1.54, 1.807) is 18.2 Å². The van der Waals surface area contributed by atoms with E-state index < -0.39 is 12.1 Å². The molecule has 0 spiro atoms. The third-order valence-electron chi connectivity index (χ3n) is 6.04. The number of pyridine rings is 1. The fraction of sp³-hybridized carbons (Fsp3) is 0.478. The Kier molecular flexibility index (Phi) is 5.83. The van der Waals surface area contributed by atoms with Crippen molar-refractivity contribution in [2.45, 2.75) is 38.5 Å². The average molecular weight is 396 g/mol. The van der Waals surface area contributed by atoms with Crippen molar-refractivity contribution in [3.05, 3.63) is 59.4 Å². The van der Waals surface area contributed by atoms with Gasteiger partial charge in [0.2, 0.25) is 0 Å². The van der Waals surface area contributed by atoms with Crippen LogP contribution in [0.4, 0.5) is 0 Å². The summed E-state index contributed by atoms with van der Waals surface area (Å²) in [6.07, 6.45) is 4.61. The fourth-order valence-corrected chi connectivity index (χ4v) is 4.69. The first-order chi connectivity index (χ1) is 14.0. The second-order valence-corrected chi connectivity index (χ2v) is 8.30. The minimum absolute atomic E-state index is 0.260. The molecule has 2 fully saturated rings. The quantitative estimate of drug-likeness (QED) is 0.784. The minimum atomic E-state index is -0.501. The number of fused-ring (bicyclic) bond motifs is 1. The van der Waals surface area contributed by atoms with Crippen LogP contribution in [0, 0.1) is 18.8 Å². The van der Waals surface area contributed by atoms with Gasteiger partial charge < -0.3 is 14.6 Å². The molecule has 6 nitrogen and oxygen atoms in total. The molecule has 2 aliphatic rings. The largest absolute Gasteiger partial charge is 0.488 e. The second-order valence-electron chi connectivity index (χ2n) is 8.30. The molecule has 6 heteroatoms. The van der Waals surface area contributed by atoms with Gasteiger partial charge in [-0.2, -0.15) is 0 Å². The molecule has 1 aliphatic carbocycles. The molecule has 0 unspecified atom stereocenters. The molecule has 2 aromatic rings. The van der Waals surface area contributed by atoms with Crippen LogP contribution in [0.5, 0.6) is 5.75 Å². The molecule has 1 saturated heterocycles. The molecular formula is C23H28N2O4. The second kappa shape index (κ2) is 8.51. The lowest BCUT2D eigenvalue weighted by Crippen LogP contribution is -2.42. The van der Waals surface area contributed by atoms with E-state index in [4.69, 9.17) is 9.47 Å². The summed E-state index contributed by atoms with van der Waals surface area (Å²) < 4.78 is 10.9. The number of carbonyl (C=O) groups excluding carboxylic acids is 1. The van der Waals surface area contributed by atoms with Crippen molar-refractivity contribution < 1.29 is 19.4 Å². The van der Waals surface area contributed by atoms with Crippen molar-refractivity contribution in [2.75, 3.05) is 20.2 Å². The molecule has 1 aliphatic heterocycles. The van der Waals surface area contributed by atoms with Gasteiger partial charge in [0.25, 0.3) is 0 Å². The number of carbonyl (C=O) groups is 1. The molecule has 0 amide bonds. The molecule has 1 aromatic heterocycles. The molecule has 1 N–H and O–H groups in total. The SMILES string of the molecule is COC(=O)c1cccc(O[C@@H]2C[C@@H]3CN(Cc4cncc(C)c4)C[C@@H]3C[C@H]2O)c1. The van der Waals surface area contributed by atoms with Crippen molar-refractivity contribution in [2.24, 2.45) is 11.8 Å². The molecule has 0 bridgehead atoms. The van der Waals surface area contributed by atoms with E-state index in [-0.39, 0.29) is 6.10 Å². The molecule has 1 aromatic carbocycles. The van der Waals surface area contributed by atoms with Crippen molar-refractivity contribution in [3.63, 3.8) is 0 Å². The molecule has 4 atom stereocenters. The van der Waals surface area contributed by atoms with E-state index in [1.807, 2.05) is 18.5 Å². The summed E-state index contributed by atoms with van der Waals surface area (Å²) in [6.45, 7) is 4.96. The van der Waals surface area contributed by atoms with Gasteiger partial charge >= 0.3 is 5.97 Å². The highest BCUT2D eigenvalue weighted by atomic mass is 16.5. The minimum Gasteiger partial charge on any atom is -0.488 e. The van der Waals surface area contributed by atoms with Gasteiger partial charge in [0, 0.05) is 32.0 Å². The van der Waals surface area contributed by atoms with Crippen LogP contribution >= 0.6 is 0 Å². The van der Waals surface area contributed by atoms with E-state index >= 15 is 0 Å². The van der Waals surface area contributed by atoms with E-state index in [1.165, 1.54) is 18.2 Å². The smallest absolute Gasteiger partial charge is 0.337 e. The van der Waals surface area contributed by atoms with Crippen LogP contribution < -0.4 is 4.74 Å². The van der Waals surface area contributed by atoms with Crippen LogP contribution in [0.2, 0.25) is 0 Å². The zero-order chi connectivity index (χ0) is 20.4. The van der Waals surface area contributed by atoms with Gasteiger partial charge in [0.1, 0.15) is 11.9 Å². The zero-order valence-electron chi connectivity index (χ0n) is 17.0. The number of ether oxygens (including phenoxy) is 2. The Bertz CT molecular complexity index is 871. The fourth-order valence-electron chi connectivity index (χ4n) is 4.69. The van der Waals surface area contributed by atoms with E-state index in [9.17, 15) is 9.90 Å². The number of esters is 1. The number of aliphatic hydroxyl groups excluding tert-OH is 1. The summed E-state index contributed by atoms with van der Waals surface area (Å²) in [7, 11) is 1.36. The number of nitrogens with zero attached hydrogens (tertiary/aromatic N) is 2. The van der Waals surface area contributed by atoms with Gasteiger partial charge in [0.15, 0.2) is 0 Å². The van der Waals surface area contributed by atoms with E-state index in [2.05, 4.69) is 22.9 Å². The Hall–Kier alpha value is -2.44. The average Bonchev–Trinajstić information content (AvgIpc) is 3.08. The Labute approximate surface area is 171 Å². The molecular weight excluding hydrogens is 368 g/mol. The number of hydrogen-bond acceptors (Lipinski definition) is 6. The Morgan fingerprint density at radius 2 is 2.00 bits per heavy atom. The maximum atomic E-state index is 11.7. The lowest BCUT2D eigenvalue weighted by molar-refractivity contribution is -0.0231. The van der Waals surface area contributed by atoms with Gasteiger partial charge in [0.05, 0.1) is 18.8 Å². The third kappa shape index (κ3) is 4.60. The maximum absolute atomic E-state index is 11.7. The first kappa shape index (κ1) is 19.9. The van der Waals surface area contributed by atoms with Gasteiger partial charge in [-0.15, -0.1) is 0 Å². The highest BCUT2D eigenvalue weighted by molar-refractivity contribution is 5.89. The van der Waals surface area contributed by atoms with Gasteiger partial charge in [-0.3, -0.25) is 9.88 Å². The van der Waals surface area contributed by atoms with Crippen molar-refractivity contribution in [1.82, 2.24) is 9.88 Å². The number of rotatable bonds is 5. The van der Waals surface area contributed by atoms with Crippen molar-refractivity contribution in [1.29, 1.82) is 0 Å². The number of hydrogen-bond donors (Lipinski definition) is 1. The molecule has 2 heterocycles. The van der Waals surface area contributed by atoms with Crippen LogP contribution in [0.15, 0.2) is 42.7 Å². The summed E-state index contributed by atoms with van der Waals surface area (Å²) in [5, 5.41) is 10.7. The maximum Gasteiger partial charge on any atom is 0.337 e. The standard InChI is InChI=1S/C23H28N2O4/c1-15-6-16(11-24-10-15)12-25-13-18-8-21(26)22(9-19(18)14-25)29-20-5-3-4-17(7-20)23(27)28-2/h3-7,10-11,18-19,21-22,26H,8-9,12-14H2,1-2H3/t18-,19+,21+,22+/m0/s1. The summed E-state index contributed by atoms with van der Waals surface area (Å²) in [6, 6.07) is 9.14. The van der Waals surface area contributed by atoms with Crippen LogP contribution in [0.25, 0.3) is 0 Å². The highest BCUT2D eigenvalue weighted by Crippen LogP contribution is 2.38. The monoisotopic (exact) mass is 396 g/mol. The first-order valence-electron chi connectivity index (χ1n) is 10.2. The van der Waals surface area contributed by atoms with Gasteiger partial charge in [-0.25, -0.2) is 4.79 Å². The summed E-state index contributed by atoms with van der Waals surface area (Å²) in [5.74, 6) is 1.20. The van der Waals surface area contributed by atoms with E-state index in [0.717, 1.165) is 32.5 Å². The van der Waals surface area contributed by atoms with Crippen LogP contribution in [0.3, 0.4) is 0 Å². The zero-order valence-corrected chi connectivity index (χ0v) is 17.0. The van der Waals surface area contributed by atoms with Crippen molar-refractivity contribution >= 4 is 5.97 Å². The summed E-state index contributed by atoms with van der Waals surface area (Å²) in [4.78, 5) is 18.5. The Balaban J connectivity index is 1.38. The predicted octanol–water partition coefficient (Wildman–Crippen LogP) is 2.83. The number of aliphatic hydroxyl groups is 1. The van der Waals surface area contributed by atoms with E-state index in [0.29, 0.717) is 23.1 Å². The number of aromatic nitrogens is 1. The summed E-state index contributed by atoms with van der Waals surface area (Å²) >= 11 is 0. The molecule has 0 radical (unpaired) electrons. The Morgan fingerprint density at radius 3 is 2.76 bits per heavy atom. The number of likely N-dealkylation sites (tertiary alicyclic amines) is 1. The summed E-state index contributed by atoms with van der Waals surface area (Å²) in [5.41, 5.74) is 2.86. The lowest BCUT2D eigenvalue weighted by atomic mass is 9.78. The molecule has 29 heavy (non-hydrogen) atoms. The number of benzene rings is 1. The van der Waals surface area contributed by atoms with Crippen LogP contribution in [0.1, 0.15) is 34.3 Å².